The average molecular weight is 263 g/mol. The van der Waals surface area contributed by atoms with Crippen LogP contribution < -0.4 is 4.90 Å². The lowest BCUT2D eigenvalue weighted by Crippen LogP contribution is -2.34. The first-order valence-electron chi connectivity index (χ1n) is 6.32. The van der Waals surface area contributed by atoms with E-state index in [-0.39, 0.29) is 0 Å². The van der Waals surface area contributed by atoms with Crippen molar-refractivity contribution in [2.75, 3.05) is 18.0 Å². The van der Waals surface area contributed by atoms with E-state index in [9.17, 15) is 0 Å². The second-order valence-corrected chi connectivity index (χ2v) is 5.95. The van der Waals surface area contributed by atoms with E-state index in [1.165, 1.54) is 12.8 Å². The summed E-state index contributed by atoms with van der Waals surface area (Å²) in [6, 6.07) is 0. The Hall–Kier alpha value is -1.43. The Labute approximate surface area is 110 Å². The highest BCUT2D eigenvalue weighted by molar-refractivity contribution is 7.15. The van der Waals surface area contributed by atoms with Gasteiger partial charge in [-0.05, 0) is 25.7 Å². The first kappa shape index (κ1) is 11.6. The van der Waals surface area contributed by atoms with Gasteiger partial charge in [0.2, 0.25) is 5.13 Å². The van der Waals surface area contributed by atoms with Crippen molar-refractivity contribution in [3.05, 3.63) is 23.7 Å². The summed E-state index contributed by atoms with van der Waals surface area (Å²) in [6.45, 7) is 5.28. The maximum atomic E-state index is 4.22. The van der Waals surface area contributed by atoms with E-state index in [1.54, 1.807) is 11.3 Å². The fourth-order valence-electron chi connectivity index (χ4n) is 2.41. The molecule has 0 atom stereocenters. The van der Waals surface area contributed by atoms with E-state index < -0.39 is 0 Å². The predicted molar refractivity (Wildman–Crippen MR) is 71.8 cm³/mol. The van der Waals surface area contributed by atoms with Gasteiger partial charge in [0.25, 0.3) is 0 Å². The summed E-state index contributed by atoms with van der Waals surface area (Å²) >= 11 is 1.69. The monoisotopic (exact) mass is 263 g/mol. The van der Waals surface area contributed by atoms with Crippen molar-refractivity contribution in [1.82, 2.24) is 19.7 Å². The van der Waals surface area contributed by atoms with Crippen LogP contribution in [0.15, 0.2) is 18.7 Å². The number of nitrogens with zero attached hydrogens (tertiary/aromatic N) is 5. The highest BCUT2D eigenvalue weighted by Crippen LogP contribution is 2.26. The van der Waals surface area contributed by atoms with Gasteiger partial charge in [0.1, 0.15) is 5.01 Å². The third kappa shape index (κ3) is 2.53. The Morgan fingerprint density at radius 3 is 2.78 bits per heavy atom. The van der Waals surface area contributed by atoms with Gasteiger partial charge in [-0.15, -0.1) is 10.2 Å². The molecule has 1 fully saturated rings. The number of anilines is 1. The van der Waals surface area contributed by atoms with Gasteiger partial charge >= 0.3 is 0 Å². The first-order valence-corrected chi connectivity index (χ1v) is 7.14. The average Bonchev–Trinajstić information content (AvgIpc) is 3.02. The molecule has 0 unspecified atom stereocenters. The van der Waals surface area contributed by atoms with Crippen molar-refractivity contribution in [3.63, 3.8) is 0 Å². The number of rotatable bonds is 3. The molecule has 18 heavy (non-hydrogen) atoms. The van der Waals surface area contributed by atoms with Crippen LogP contribution in [0.2, 0.25) is 0 Å². The molecule has 3 heterocycles. The molecule has 0 amide bonds. The highest BCUT2D eigenvalue weighted by Gasteiger charge is 2.21. The summed E-state index contributed by atoms with van der Waals surface area (Å²) in [5, 5.41) is 10.4. The summed E-state index contributed by atoms with van der Waals surface area (Å²) in [5.74, 6) is 0.754. The second kappa shape index (κ2) is 5.06. The molecular weight excluding hydrogens is 246 g/mol. The Morgan fingerprint density at radius 2 is 2.17 bits per heavy atom. The smallest absolute Gasteiger partial charge is 0.208 e. The minimum Gasteiger partial charge on any atom is -0.347 e. The quantitative estimate of drug-likeness (QED) is 0.849. The van der Waals surface area contributed by atoms with Gasteiger partial charge in [-0.3, -0.25) is 0 Å². The van der Waals surface area contributed by atoms with Crippen molar-refractivity contribution in [3.8, 4) is 0 Å². The molecule has 1 saturated heterocycles. The molecule has 0 aromatic carbocycles. The number of aromatic nitrogens is 4. The number of aryl methyl sites for hydroxylation is 1. The molecule has 96 valence electrons. The third-order valence-corrected chi connectivity index (χ3v) is 4.33. The Morgan fingerprint density at radius 1 is 1.33 bits per heavy atom. The Kier molecular flexibility index (Phi) is 3.27. The molecule has 5 nitrogen and oxygen atoms in total. The zero-order valence-corrected chi connectivity index (χ0v) is 11.3. The lowest BCUT2D eigenvalue weighted by atomic mass is 9.97. The number of piperidine rings is 1. The van der Waals surface area contributed by atoms with Crippen molar-refractivity contribution in [2.45, 2.75) is 26.3 Å². The molecule has 2 aromatic rings. The summed E-state index contributed by atoms with van der Waals surface area (Å²) in [5.41, 5.74) is 0. The molecule has 1 aliphatic rings. The van der Waals surface area contributed by atoms with Gasteiger partial charge in [-0.25, -0.2) is 4.98 Å². The molecule has 1 aliphatic heterocycles. The van der Waals surface area contributed by atoms with Crippen LogP contribution in [0.5, 0.6) is 0 Å². The maximum absolute atomic E-state index is 4.22. The fourth-order valence-corrected chi connectivity index (χ4v) is 3.15. The normalized spacial score (nSPS) is 17.3. The van der Waals surface area contributed by atoms with Gasteiger partial charge in [-0.2, -0.15) is 0 Å². The molecule has 0 N–H and O–H groups in total. The van der Waals surface area contributed by atoms with Crippen molar-refractivity contribution in [2.24, 2.45) is 5.92 Å². The van der Waals surface area contributed by atoms with Crippen LogP contribution in [-0.2, 0) is 6.54 Å². The van der Waals surface area contributed by atoms with Crippen LogP contribution >= 0.6 is 11.3 Å². The standard InChI is InChI=1S/C12H17N5S/c1-10-14-15-12(18-10)17-5-2-11(3-6-17)8-16-7-4-13-9-16/h4,7,9,11H,2-3,5-6,8H2,1H3. The topological polar surface area (TPSA) is 46.8 Å². The van der Waals surface area contributed by atoms with Crippen molar-refractivity contribution in [1.29, 1.82) is 0 Å². The molecule has 0 bridgehead atoms. The summed E-state index contributed by atoms with van der Waals surface area (Å²) < 4.78 is 2.18. The van der Waals surface area contributed by atoms with Gasteiger partial charge in [0.05, 0.1) is 6.33 Å². The fraction of sp³-hybridized carbons (Fsp3) is 0.583. The minimum atomic E-state index is 0.754. The zero-order chi connectivity index (χ0) is 12.4. The van der Waals surface area contributed by atoms with Crippen LogP contribution in [0.1, 0.15) is 17.8 Å². The molecule has 0 saturated carbocycles. The van der Waals surface area contributed by atoms with E-state index in [0.717, 1.165) is 35.7 Å². The lowest BCUT2D eigenvalue weighted by Gasteiger charge is -2.31. The Balaban J connectivity index is 1.55. The van der Waals surface area contributed by atoms with Gasteiger partial charge in [-0.1, -0.05) is 11.3 Å². The molecule has 3 rings (SSSR count). The molecule has 0 spiro atoms. The van der Waals surface area contributed by atoms with Crippen LogP contribution in [0.4, 0.5) is 5.13 Å². The highest BCUT2D eigenvalue weighted by atomic mass is 32.1. The minimum absolute atomic E-state index is 0.754. The summed E-state index contributed by atoms with van der Waals surface area (Å²) in [6.07, 6.45) is 8.23. The van der Waals surface area contributed by atoms with Gasteiger partial charge in [0.15, 0.2) is 0 Å². The van der Waals surface area contributed by atoms with E-state index >= 15 is 0 Å². The van der Waals surface area contributed by atoms with Gasteiger partial charge in [0, 0.05) is 32.0 Å². The van der Waals surface area contributed by atoms with Crippen LogP contribution in [0.25, 0.3) is 0 Å². The summed E-state index contributed by atoms with van der Waals surface area (Å²) in [4.78, 5) is 6.45. The van der Waals surface area contributed by atoms with Gasteiger partial charge < -0.3 is 9.47 Å². The van der Waals surface area contributed by atoms with E-state index in [2.05, 4.69) is 24.6 Å². The number of hydrogen-bond acceptors (Lipinski definition) is 5. The molecule has 0 aliphatic carbocycles. The van der Waals surface area contributed by atoms with E-state index in [4.69, 9.17) is 0 Å². The van der Waals surface area contributed by atoms with Crippen molar-refractivity contribution >= 4 is 16.5 Å². The molecule has 0 radical (unpaired) electrons. The van der Waals surface area contributed by atoms with Crippen molar-refractivity contribution < 1.29 is 0 Å². The van der Waals surface area contributed by atoms with Crippen LogP contribution in [0, 0.1) is 12.8 Å². The largest absolute Gasteiger partial charge is 0.347 e. The predicted octanol–water partition coefficient (Wildman–Crippen LogP) is 1.96. The molecular formula is C12H17N5S. The van der Waals surface area contributed by atoms with E-state index in [0.29, 0.717) is 0 Å². The molecule has 6 heteroatoms. The second-order valence-electron chi connectivity index (χ2n) is 4.79. The van der Waals surface area contributed by atoms with Crippen LogP contribution in [0.3, 0.4) is 0 Å². The zero-order valence-electron chi connectivity index (χ0n) is 10.5. The SMILES string of the molecule is Cc1nnc(N2CCC(Cn3ccnc3)CC2)s1. The Bertz CT molecular complexity index is 484. The lowest BCUT2D eigenvalue weighted by molar-refractivity contribution is 0.356. The number of hydrogen-bond donors (Lipinski definition) is 0. The van der Waals surface area contributed by atoms with E-state index in [1.807, 2.05) is 25.6 Å². The third-order valence-electron chi connectivity index (χ3n) is 3.43. The van der Waals surface area contributed by atoms with Crippen LogP contribution in [-0.4, -0.2) is 32.8 Å². The number of imidazole rings is 1. The summed E-state index contributed by atoms with van der Waals surface area (Å²) in [7, 11) is 0. The first-order chi connectivity index (χ1) is 8.81. The molecule has 2 aromatic heterocycles. The maximum Gasteiger partial charge on any atom is 0.208 e.